The molecule has 0 aliphatic rings. The maximum absolute atomic E-state index is 10.3. The SMILES string of the molecule is Cc1cccc(C(O)CCc2ccnn2C)c1C. The van der Waals surface area contributed by atoms with Crippen LogP contribution in [0.4, 0.5) is 0 Å². The van der Waals surface area contributed by atoms with Crippen molar-refractivity contribution in [1.29, 1.82) is 0 Å². The molecule has 2 rings (SSSR count). The van der Waals surface area contributed by atoms with Crippen molar-refractivity contribution in [1.82, 2.24) is 9.78 Å². The highest BCUT2D eigenvalue weighted by Crippen LogP contribution is 2.24. The molecule has 96 valence electrons. The highest BCUT2D eigenvalue weighted by Gasteiger charge is 2.12. The third kappa shape index (κ3) is 2.62. The van der Waals surface area contributed by atoms with Gasteiger partial charge in [0, 0.05) is 18.9 Å². The van der Waals surface area contributed by atoms with Gasteiger partial charge in [-0.15, -0.1) is 0 Å². The molecule has 0 fully saturated rings. The van der Waals surface area contributed by atoms with Gasteiger partial charge in [0.05, 0.1) is 6.10 Å². The lowest BCUT2D eigenvalue weighted by Crippen LogP contribution is -2.05. The van der Waals surface area contributed by atoms with E-state index in [1.165, 1.54) is 11.1 Å². The Morgan fingerprint density at radius 2 is 2.06 bits per heavy atom. The topological polar surface area (TPSA) is 38.1 Å². The van der Waals surface area contributed by atoms with Crippen molar-refractivity contribution in [2.24, 2.45) is 7.05 Å². The molecule has 3 heteroatoms. The zero-order chi connectivity index (χ0) is 13.1. The molecule has 1 N–H and O–H groups in total. The summed E-state index contributed by atoms with van der Waals surface area (Å²) >= 11 is 0. The number of aromatic nitrogens is 2. The van der Waals surface area contributed by atoms with Crippen LogP contribution in [0.3, 0.4) is 0 Å². The van der Waals surface area contributed by atoms with E-state index in [9.17, 15) is 5.11 Å². The molecule has 0 aliphatic carbocycles. The summed E-state index contributed by atoms with van der Waals surface area (Å²) in [5, 5.41) is 14.4. The van der Waals surface area contributed by atoms with Crippen LogP contribution in [0.15, 0.2) is 30.5 Å². The standard InChI is InChI=1S/C15H20N2O/c1-11-5-4-6-14(12(11)2)15(18)8-7-13-9-10-16-17(13)3/h4-6,9-10,15,18H,7-8H2,1-3H3. The van der Waals surface area contributed by atoms with Crippen molar-refractivity contribution in [3.63, 3.8) is 0 Å². The molecule has 1 heterocycles. The second-order valence-electron chi connectivity index (χ2n) is 4.79. The molecule has 0 amide bonds. The van der Waals surface area contributed by atoms with E-state index in [0.29, 0.717) is 0 Å². The summed E-state index contributed by atoms with van der Waals surface area (Å²) in [4.78, 5) is 0. The third-order valence-corrected chi connectivity index (χ3v) is 3.60. The first-order chi connectivity index (χ1) is 8.59. The summed E-state index contributed by atoms with van der Waals surface area (Å²) in [6, 6.07) is 8.09. The van der Waals surface area contributed by atoms with Crippen LogP contribution in [0, 0.1) is 13.8 Å². The Labute approximate surface area is 108 Å². The van der Waals surface area contributed by atoms with Crippen molar-refractivity contribution in [2.45, 2.75) is 32.8 Å². The predicted molar refractivity (Wildman–Crippen MR) is 72.4 cm³/mol. The van der Waals surface area contributed by atoms with Gasteiger partial charge < -0.3 is 5.11 Å². The summed E-state index contributed by atoms with van der Waals surface area (Å²) < 4.78 is 1.86. The minimum Gasteiger partial charge on any atom is -0.388 e. The zero-order valence-electron chi connectivity index (χ0n) is 11.2. The van der Waals surface area contributed by atoms with Crippen LogP contribution in [-0.2, 0) is 13.5 Å². The molecule has 1 atom stereocenters. The van der Waals surface area contributed by atoms with Gasteiger partial charge in [-0.1, -0.05) is 18.2 Å². The molecule has 0 radical (unpaired) electrons. The summed E-state index contributed by atoms with van der Waals surface area (Å²) in [5.74, 6) is 0. The molecule has 0 aliphatic heterocycles. The van der Waals surface area contributed by atoms with E-state index < -0.39 is 6.10 Å². The van der Waals surface area contributed by atoms with E-state index in [4.69, 9.17) is 0 Å². The molecule has 1 aromatic carbocycles. The van der Waals surface area contributed by atoms with Gasteiger partial charge in [0.2, 0.25) is 0 Å². The second-order valence-corrected chi connectivity index (χ2v) is 4.79. The van der Waals surface area contributed by atoms with E-state index in [-0.39, 0.29) is 0 Å². The van der Waals surface area contributed by atoms with Gasteiger partial charge in [0.25, 0.3) is 0 Å². The largest absolute Gasteiger partial charge is 0.388 e. The highest BCUT2D eigenvalue weighted by atomic mass is 16.3. The summed E-state index contributed by atoms with van der Waals surface area (Å²) in [6.45, 7) is 4.14. The summed E-state index contributed by atoms with van der Waals surface area (Å²) in [6.07, 6.45) is 2.95. The first-order valence-electron chi connectivity index (χ1n) is 6.30. The fourth-order valence-corrected chi connectivity index (χ4v) is 2.22. The lowest BCUT2D eigenvalue weighted by Gasteiger charge is -2.15. The number of nitrogens with zero attached hydrogens (tertiary/aromatic N) is 2. The molecular formula is C15H20N2O. The van der Waals surface area contributed by atoms with Crippen molar-refractivity contribution in [3.05, 3.63) is 52.8 Å². The van der Waals surface area contributed by atoms with Crippen LogP contribution in [0.5, 0.6) is 0 Å². The summed E-state index contributed by atoms with van der Waals surface area (Å²) in [7, 11) is 1.93. The first-order valence-corrected chi connectivity index (χ1v) is 6.30. The van der Waals surface area contributed by atoms with Crippen molar-refractivity contribution >= 4 is 0 Å². The molecule has 0 saturated heterocycles. The Hall–Kier alpha value is -1.61. The highest BCUT2D eigenvalue weighted by molar-refractivity contribution is 5.34. The molecular weight excluding hydrogens is 224 g/mol. The third-order valence-electron chi connectivity index (χ3n) is 3.60. The van der Waals surface area contributed by atoms with E-state index in [1.54, 1.807) is 6.20 Å². The van der Waals surface area contributed by atoms with Crippen LogP contribution in [-0.4, -0.2) is 14.9 Å². The van der Waals surface area contributed by atoms with Gasteiger partial charge in [-0.05, 0) is 49.4 Å². The molecule has 18 heavy (non-hydrogen) atoms. The maximum atomic E-state index is 10.3. The fourth-order valence-electron chi connectivity index (χ4n) is 2.22. The van der Waals surface area contributed by atoms with E-state index >= 15 is 0 Å². The van der Waals surface area contributed by atoms with Crippen molar-refractivity contribution in [3.8, 4) is 0 Å². The lowest BCUT2D eigenvalue weighted by molar-refractivity contribution is 0.166. The molecule has 0 bridgehead atoms. The Morgan fingerprint density at radius 3 is 2.72 bits per heavy atom. The lowest BCUT2D eigenvalue weighted by atomic mass is 9.96. The maximum Gasteiger partial charge on any atom is 0.0796 e. The van der Waals surface area contributed by atoms with Gasteiger partial charge >= 0.3 is 0 Å². The Kier molecular flexibility index (Phi) is 3.82. The number of rotatable bonds is 4. The second kappa shape index (κ2) is 5.36. The van der Waals surface area contributed by atoms with Crippen LogP contribution in [0.25, 0.3) is 0 Å². The Bertz CT molecular complexity index is 531. The number of aliphatic hydroxyl groups excluding tert-OH is 1. The Balaban J connectivity index is 2.06. The van der Waals surface area contributed by atoms with Gasteiger partial charge in [-0.3, -0.25) is 4.68 Å². The number of hydrogen-bond donors (Lipinski definition) is 1. The average molecular weight is 244 g/mol. The minimum atomic E-state index is -0.403. The van der Waals surface area contributed by atoms with Crippen LogP contribution >= 0.6 is 0 Å². The van der Waals surface area contributed by atoms with Crippen LogP contribution < -0.4 is 0 Å². The molecule has 0 saturated carbocycles. The molecule has 0 spiro atoms. The zero-order valence-corrected chi connectivity index (χ0v) is 11.2. The number of aliphatic hydroxyl groups is 1. The summed E-state index contributed by atoms with van der Waals surface area (Å²) in [5.41, 5.74) is 4.61. The average Bonchev–Trinajstić information content (AvgIpc) is 2.75. The normalized spacial score (nSPS) is 12.7. The molecule has 2 aromatic rings. The van der Waals surface area contributed by atoms with Gasteiger partial charge in [0.15, 0.2) is 0 Å². The fraction of sp³-hybridized carbons (Fsp3) is 0.400. The number of aryl methyl sites for hydroxylation is 3. The molecule has 1 aromatic heterocycles. The first kappa shape index (κ1) is 12.8. The minimum absolute atomic E-state index is 0.403. The van der Waals surface area contributed by atoms with Crippen molar-refractivity contribution in [2.75, 3.05) is 0 Å². The smallest absolute Gasteiger partial charge is 0.0796 e. The van der Waals surface area contributed by atoms with Gasteiger partial charge in [0.1, 0.15) is 0 Å². The molecule has 3 nitrogen and oxygen atoms in total. The van der Waals surface area contributed by atoms with Crippen LogP contribution in [0.1, 0.15) is 34.9 Å². The van der Waals surface area contributed by atoms with E-state index in [1.807, 2.05) is 29.9 Å². The monoisotopic (exact) mass is 244 g/mol. The molecule has 1 unspecified atom stereocenters. The number of hydrogen-bond acceptors (Lipinski definition) is 2. The quantitative estimate of drug-likeness (QED) is 0.898. The number of benzene rings is 1. The van der Waals surface area contributed by atoms with Gasteiger partial charge in [-0.25, -0.2) is 0 Å². The van der Waals surface area contributed by atoms with E-state index in [0.717, 1.165) is 24.1 Å². The Morgan fingerprint density at radius 1 is 1.28 bits per heavy atom. The van der Waals surface area contributed by atoms with Crippen LogP contribution in [0.2, 0.25) is 0 Å². The predicted octanol–water partition coefficient (Wildman–Crippen LogP) is 2.70. The van der Waals surface area contributed by atoms with Crippen molar-refractivity contribution < 1.29 is 5.11 Å². The van der Waals surface area contributed by atoms with Gasteiger partial charge in [-0.2, -0.15) is 5.10 Å². The van der Waals surface area contributed by atoms with E-state index in [2.05, 4.69) is 25.0 Å².